The van der Waals surface area contributed by atoms with Crippen molar-refractivity contribution in [2.24, 2.45) is 0 Å². The fourth-order valence-electron chi connectivity index (χ4n) is 6.68. The first-order valence-corrected chi connectivity index (χ1v) is 14.1. The highest BCUT2D eigenvalue weighted by Crippen LogP contribution is 2.65. The first-order chi connectivity index (χ1) is 19.4. The van der Waals surface area contributed by atoms with Crippen LogP contribution in [0.4, 0.5) is 5.69 Å². The summed E-state index contributed by atoms with van der Waals surface area (Å²) in [5.41, 5.74) is 6.90. The number of ether oxygens (including phenoxy) is 2. The van der Waals surface area contributed by atoms with Gasteiger partial charge in [0, 0.05) is 36.6 Å². The van der Waals surface area contributed by atoms with E-state index in [1.54, 1.807) is 7.11 Å². The molecular formula is C33H34N4O3. The van der Waals surface area contributed by atoms with Gasteiger partial charge in [0.2, 0.25) is 5.91 Å². The molecule has 2 aliphatic heterocycles. The molecule has 3 unspecified atom stereocenters. The zero-order valence-corrected chi connectivity index (χ0v) is 23.1. The van der Waals surface area contributed by atoms with E-state index < -0.39 is 5.41 Å². The van der Waals surface area contributed by atoms with Crippen LogP contribution in [0.1, 0.15) is 54.1 Å². The Morgan fingerprint density at radius 1 is 1.05 bits per heavy atom. The first-order valence-electron chi connectivity index (χ1n) is 14.1. The summed E-state index contributed by atoms with van der Waals surface area (Å²) in [6.45, 7) is 7.16. The molecule has 1 saturated heterocycles. The van der Waals surface area contributed by atoms with Crippen molar-refractivity contribution in [3.8, 4) is 5.75 Å². The van der Waals surface area contributed by atoms with Crippen LogP contribution in [0.3, 0.4) is 0 Å². The summed E-state index contributed by atoms with van der Waals surface area (Å²) in [4.78, 5) is 15.5. The number of amides is 1. The maximum atomic E-state index is 13.0. The number of nitrogens with zero attached hydrogens (tertiary/aromatic N) is 2. The van der Waals surface area contributed by atoms with Gasteiger partial charge in [-0.3, -0.25) is 14.8 Å². The van der Waals surface area contributed by atoms with Crippen molar-refractivity contribution in [1.82, 2.24) is 15.1 Å². The molecule has 1 saturated carbocycles. The molecule has 1 amide bonds. The fourth-order valence-corrected chi connectivity index (χ4v) is 6.68. The molecule has 7 rings (SSSR count). The molecule has 3 aromatic carbocycles. The van der Waals surface area contributed by atoms with Crippen LogP contribution in [-0.4, -0.2) is 53.4 Å². The number of carbonyl (C=O) groups is 1. The maximum absolute atomic E-state index is 13.0. The molecular weight excluding hydrogens is 500 g/mol. The minimum absolute atomic E-state index is 0.0779. The second kappa shape index (κ2) is 9.61. The van der Waals surface area contributed by atoms with Gasteiger partial charge in [0.05, 0.1) is 35.9 Å². The largest absolute Gasteiger partial charge is 0.497 e. The molecule has 204 valence electrons. The van der Waals surface area contributed by atoms with E-state index in [0.717, 1.165) is 70.8 Å². The Hall–Kier alpha value is -3.94. The standard InChI is InChI=1S/C33H34N4O3/c1-20-17-37(18-21(2)40-20)19-23-6-4-22(5-7-23)8-12-29-26-11-9-24(14-31(26)36-35-29)28-16-33(28)27-15-25(39-3)10-13-30(27)34-32(33)38/h4-15,20-21,28H,16-19H2,1-3H3,(H,34,38)(H,35,36)/t20?,21?,28?,33-/m0/s1. The molecule has 2 fully saturated rings. The number of aromatic amines is 1. The van der Waals surface area contributed by atoms with Crippen LogP contribution >= 0.6 is 0 Å². The van der Waals surface area contributed by atoms with E-state index in [4.69, 9.17) is 9.47 Å². The highest BCUT2D eigenvalue weighted by atomic mass is 16.5. The van der Waals surface area contributed by atoms with Gasteiger partial charge in [0.25, 0.3) is 0 Å². The molecule has 3 aliphatic rings. The SMILES string of the molecule is COc1ccc2c(c1)[C@]1(CC1c1ccc3c(C=Cc4ccc(CN5CC(C)OC(C)C5)cc4)n[nH]c3c1)C(=O)N2. The van der Waals surface area contributed by atoms with Crippen molar-refractivity contribution < 1.29 is 14.3 Å². The van der Waals surface area contributed by atoms with E-state index in [-0.39, 0.29) is 24.0 Å². The molecule has 4 atom stereocenters. The molecule has 40 heavy (non-hydrogen) atoms. The predicted molar refractivity (Wildman–Crippen MR) is 157 cm³/mol. The lowest BCUT2D eigenvalue weighted by Gasteiger charge is -2.35. The Balaban J connectivity index is 1.06. The minimum atomic E-state index is -0.509. The van der Waals surface area contributed by atoms with Crippen molar-refractivity contribution in [2.75, 3.05) is 25.5 Å². The van der Waals surface area contributed by atoms with Crippen molar-refractivity contribution in [3.63, 3.8) is 0 Å². The van der Waals surface area contributed by atoms with E-state index >= 15 is 0 Å². The number of fused-ring (bicyclic) bond motifs is 3. The topological polar surface area (TPSA) is 79.5 Å². The normalized spacial score (nSPS) is 26.0. The van der Waals surface area contributed by atoms with E-state index in [9.17, 15) is 4.79 Å². The highest BCUT2D eigenvalue weighted by molar-refractivity contribution is 6.10. The predicted octanol–water partition coefficient (Wildman–Crippen LogP) is 5.73. The number of benzene rings is 3. The van der Waals surface area contributed by atoms with Gasteiger partial charge in [-0.25, -0.2) is 0 Å². The van der Waals surface area contributed by atoms with E-state index in [2.05, 4.69) is 88.9 Å². The average Bonchev–Trinajstić information content (AvgIpc) is 3.48. The number of morpholine rings is 1. The molecule has 1 spiro atoms. The molecule has 0 bridgehead atoms. The third-order valence-corrected chi connectivity index (χ3v) is 8.66. The van der Waals surface area contributed by atoms with Crippen LogP contribution in [0.5, 0.6) is 5.75 Å². The molecule has 1 aliphatic carbocycles. The lowest BCUT2D eigenvalue weighted by atomic mass is 9.91. The van der Waals surface area contributed by atoms with Crippen LogP contribution in [0.2, 0.25) is 0 Å². The van der Waals surface area contributed by atoms with Gasteiger partial charge in [0.1, 0.15) is 5.75 Å². The Morgan fingerprint density at radius 3 is 2.62 bits per heavy atom. The minimum Gasteiger partial charge on any atom is -0.497 e. The van der Waals surface area contributed by atoms with Gasteiger partial charge >= 0.3 is 0 Å². The first kappa shape index (κ1) is 25.1. The van der Waals surface area contributed by atoms with Crippen LogP contribution in [-0.2, 0) is 21.5 Å². The maximum Gasteiger partial charge on any atom is 0.235 e. The van der Waals surface area contributed by atoms with E-state index in [0.29, 0.717) is 0 Å². The van der Waals surface area contributed by atoms with Crippen LogP contribution in [0.25, 0.3) is 23.1 Å². The van der Waals surface area contributed by atoms with Crippen molar-refractivity contribution in [1.29, 1.82) is 0 Å². The Labute approximate surface area is 234 Å². The fraction of sp³-hybridized carbons (Fsp3) is 0.333. The van der Waals surface area contributed by atoms with Gasteiger partial charge < -0.3 is 14.8 Å². The summed E-state index contributed by atoms with van der Waals surface area (Å²) in [6, 6.07) is 21.0. The van der Waals surface area contributed by atoms with Gasteiger partial charge in [-0.2, -0.15) is 5.10 Å². The third kappa shape index (κ3) is 4.30. The summed E-state index contributed by atoms with van der Waals surface area (Å²) in [5.74, 6) is 0.987. The van der Waals surface area contributed by atoms with Crippen LogP contribution < -0.4 is 10.1 Å². The molecule has 2 N–H and O–H groups in total. The number of rotatable bonds is 6. The second-order valence-corrected chi connectivity index (χ2v) is 11.5. The third-order valence-electron chi connectivity index (χ3n) is 8.66. The number of H-pyrrole nitrogens is 1. The molecule has 7 nitrogen and oxygen atoms in total. The van der Waals surface area contributed by atoms with E-state index in [1.165, 1.54) is 5.56 Å². The molecule has 4 aromatic rings. The summed E-state index contributed by atoms with van der Waals surface area (Å²) in [7, 11) is 1.66. The number of nitrogens with one attached hydrogen (secondary N) is 2. The monoisotopic (exact) mass is 534 g/mol. The quantitative estimate of drug-likeness (QED) is 0.330. The number of methoxy groups -OCH3 is 1. The summed E-state index contributed by atoms with van der Waals surface area (Å²) >= 11 is 0. The van der Waals surface area contributed by atoms with Crippen molar-refractivity contribution in [2.45, 2.75) is 50.4 Å². The summed E-state index contributed by atoms with van der Waals surface area (Å²) < 4.78 is 11.3. The van der Waals surface area contributed by atoms with Gasteiger partial charge in [-0.05, 0) is 72.9 Å². The second-order valence-electron chi connectivity index (χ2n) is 11.5. The number of anilines is 1. The number of hydrogen-bond donors (Lipinski definition) is 2. The van der Waals surface area contributed by atoms with Crippen molar-refractivity contribution in [3.05, 3.63) is 88.6 Å². The molecule has 1 aromatic heterocycles. The molecule has 7 heteroatoms. The highest BCUT2D eigenvalue weighted by Gasteiger charge is 2.65. The van der Waals surface area contributed by atoms with Crippen molar-refractivity contribution >= 4 is 34.6 Å². The van der Waals surface area contributed by atoms with Crippen LogP contribution in [0, 0.1) is 0 Å². The number of aromatic nitrogens is 2. The summed E-state index contributed by atoms with van der Waals surface area (Å²) in [6.07, 6.45) is 5.52. The number of hydrogen-bond acceptors (Lipinski definition) is 5. The van der Waals surface area contributed by atoms with Gasteiger partial charge in [-0.1, -0.05) is 42.5 Å². The molecule has 0 radical (unpaired) electrons. The van der Waals surface area contributed by atoms with Gasteiger partial charge in [-0.15, -0.1) is 0 Å². The smallest absolute Gasteiger partial charge is 0.235 e. The summed E-state index contributed by atoms with van der Waals surface area (Å²) in [5, 5.41) is 11.9. The Kier molecular flexibility index (Phi) is 6.02. The van der Waals surface area contributed by atoms with Crippen LogP contribution in [0.15, 0.2) is 60.7 Å². The zero-order valence-electron chi connectivity index (χ0n) is 23.1. The Morgan fingerprint density at radius 2 is 1.85 bits per heavy atom. The Bertz CT molecular complexity index is 1610. The number of carbonyl (C=O) groups excluding carboxylic acids is 1. The average molecular weight is 535 g/mol. The van der Waals surface area contributed by atoms with E-state index in [1.807, 2.05) is 18.2 Å². The van der Waals surface area contributed by atoms with Gasteiger partial charge in [0.15, 0.2) is 0 Å². The lowest BCUT2D eigenvalue weighted by Crippen LogP contribution is -2.44. The zero-order chi connectivity index (χ0) is 27.4. The lowest BCUT2D eigenvalue weighted by molar-refractivity contribution is -0.118. The molecule has 3 heterocycles.